The fourth-order valence-electron chi connectivity index (χ4n) is 2.10. The summed E-state index contributed by atoms with van der Waals surface area (Å²) in [6, 6.07) is 10.5. The van der Waals surface area contributed by atoms with Crippen molar-refractivity contribution in [2.45, 2.75) is 32.1 Å². The van der Waals surface area contributed by atoms with Gasteiger partial charge in [0.2, 0.25) is 0 Å². The van der Waals surface area contributed by atoms with Gasteiger partial charge in [-0.2, -0.15) is 0 Å². The zero-order valence-electron chi connectivity index (χ0n) is 12.3. The van der Waals surface area contributed by atoms with E-state index in [1.165, 1.54) is 6.07 Å². The third kappa shape index (κ3) is 3.39. The second kappa shape index (κ2) is 6.08. The van der Waals surface area contributed by atoms with E-state index in [2.05, 4.69) is 4.72 Å². The topological polar surface area (TPSA) is 46.2 Å². The van der Waals surface area contributed by atoms with Crippen molar-refractivity contribution in [3.63, 3.8) is 0 Å². The first-order chi connectivity index (χ1) is 9.85. The fraction of sp³-hybridized carbons (Fsp3) is 0.250. The standard InChI is InChI=1S/C16H18ClNO2S/c1-4-13-7-5-6-12(3)16(13)18-21(19,20)14-9-8-11(2)15(17)10-14/h5-10,18H,4H2,1-3H3. The van der Waals surface area contributed by atoms with E-state index in [0.29, 0.717) is 10.7 Å². The quantitative estimate of drug-likeness (QED) is 0.910. The minimum absolute atomic E-state index is 0.170. The van der Waals surface area contributed by atoms with Crippen molar-refractivity contribution in [1.82, 2.24) is 0 Å². The Bertz CT molecular complexity index is 770. The normalized spacial score (nSPS) is 11.4. The molecule has 0 amide bonds. The average molecular weight is 324 g/mol. The van der Waals surface area contributed by atoms with Crippen LogP contribution in [0.25, 0.3) is 0 Å². The van der Waals surface area contributed by atoms with E-state index in [4.69, 9.17) is 11.6 Å². The van der Waals surface area contributed by atoms with Crippen LogP contribution in [0.1, 0.15) is 23.6 Å². The van der Waals surface area contributed by atoms with Crippen LogP contribution in [0, 0.1) is 13.8 Å². The molecule has 0 spiro atoms. The van der Waals surface area contributed by atoms with Crippen molar-refractivity contribution < 1.29 is 8.42 Å². The molecule has 0 saturated heterocycles. The molecule has 0 saturated carbocycles. The molecule has 2 aromatic carbocycles. The van der Waals surface area contributed by atoms with Gasteiger partial charge in [-0.25, -0.2) is 8.42 Å². The largest absolute Gasteiger partial charge is 0.279 e. The predicted molar refractivity (Wildman–Crippen MR) is 87.6 cm³/mol. The van der Waals surface area contributed by atoms with Crippen LogP contribution in [-0.4, -0.2) is 8.42 Å². The third-order valence-electron chi connectivity index (χ3n) is 3.43. The lowest BCUT2D eigenvalue weighted by molar-refractivity contribution is 0.601. The summed E-state index contributed by atoms with van der Waals surface area (Å²) in [5, 5.41) is 0.443. The number of hydrogen-bond acceptors (Lipinski definition) is 2. The summed E-state index contributed by atoms with van der Waals surface area (Å²) in [4.78, 5) is 0.170. The van der Waals surface area contributed by atoms with Crippen molar-refractivity contribution in [1.29, 1.82) is 0 Å². The smallest absolute Gasteiger partial charge is 0.261 e. The number of sulfonamides is 1. The fourth-order valence-corrected chi connectivity index (χ4v) is 3.55. The van der Waals surface area contributed by atoms with Crippen molar-refractivity contribution >= 4 is 27.3 Å². The van der Waals surface area contributed by atoms with Crippen LogP contribution < -0.4 is 4.72 Å². The molecular weight excluding hydrogens is 306 g/mol. The lowest BCUT2D eigenvalue weighted by Gasteiger charge is -2.14. The van der Waals surface area contributed by atoms with Gasteiger partial charge in [0, 0.05) is 5.02 Å². The maximum absolute atomic E-state index is 12.5. The third-order valence-corrected chi connectivity index (χ3v) is 5.18. The minimum atomic E-state index is -3.64. The number of para-hydroxylation sites is 1. The van der Waals surface area contributed by atoms with Gasteiger partial charge in [-0.05, 0) is 49.1 Å². The molecule has 2 aromatic rings. The summed E-state index contributed by atoms with van der Waals surface area (Å²) in [6.07, 6.45) is 0.758. The average Bonchev–Trinajstić information content (AvgIpc) is 2.43. The maximum Gasteiger partial charge on any atom is 0.261 e. The Morgan fingerprint density at radius 3 is 2.43 bits per heavy atom. The highest BCUT2D eigenvalue weighted by atomic mass is 35.5. The molecule has 1 N–H and O–H groups in total. The van der Waals surface area contributed by atoms with Crippen LogP contribution >= 0.6 is 11.6 Å². The number of hydrogen-bond donors (Lipinski definition) is 1. The molecule has 0 unspecified atom stereocenters. The van der Waals surface area contributed by atoms with Crippen molar-refractivity contribution in [3.05, 3.63) is 58.1 Å². The zero-order chi connectivity index (χ0) is 15.6. The van der Waals surface area contributed by atoms with Crippen LogP contribution in [0.5, 0.6) is 0 Å². The second-order valence-electron chi connectivity index (χ2n) is 4.98. The molecule has 0 aromatic heterocycles. The first kappa shape index (κ1) is 15.9. The van der Waals surface area contributed by atoms with Crippen molar-refractivity contribution in [2.75, 3.05) is 4.72 Å². The molecular formula is C16H18ClNO2S. The number of anilines is 1. The van der Waals surface area contributed by atoms with Gasteiger partial charge in [-0.3, -0.25) is 4.72 Å². The summed E-state index contributed by atoms with van der Waals surface area (Å²) in [5.74, 6) is 0. The Balaban J connectivity index is 2.44. The number of nitrogens with one attached hydrogen (secondary N) is 1. The molecule has 0 fully saturated rings. The van der Waals surface area contributed by atoms with Crippen molar-refractivity contribution in [3.8, 4) is 0 Å². The van der Waals surface area contributed by atoms with Gasteiger partial charge in [0.1, 0.15) is 0 Å². The van der Waals surface area contributed by atoms with E-state index in [9.17, 15) is 8.42 Å². The number of halogens is 1. The molecule has 112 valence electrons. The molecule has 0 bridgehead atoms. The van der Waals surface area contributed by atoms with Gasteiger partial charge in [0.25, 0.3) is 10.0 Å². The van der Waals surface area contributed by atoms with Gasteiger partial charge < -0.3 is 0 Å². The Kier molecular flexibility index (Phi) is 4.59. The molecule has 0 radical (unpaired) electrons. The van der Waals surface area contributed by atoms with E-state index in [1.807, 2.05) is 39.0 Å². The van der Waals surface area contributed by atoms with Crippen LogP contribution in [0.3, 0.4) is 0 Å². The monoisotopic (exact) mass is 323 g/mol. The second-order valence-corrected chi connectivity index (χ2v) is 7.07. The van der Waals surface area contributed by atoms with E-state index < -0.39 is 10.0 Å². The molecule has 21 heavy (non-hydrogen) atoms. The molecule has 0 aliphatic heterocycles. The Morgan fingerprint density at radius 1 is 1.10 bits per heavy atom. The minimum Gasteiger partial charge on any atom is -0.279 e. The number of benzene rings is 2. The van der Waals surface area contributed by atoms with Crippen LogP contribution in [0.4, 0.5) is 5.69 Å². The van der Waals surface area contributed by atoms with Crippen molar-refractivity contribution in [2.24, 2.45) is 0 Å². The Morgan fingerprint density at radius 2 is 1.81 bits per heavy atom. The highest BCUT2D eigenvalue weighted by molar-refractivity contribution is 7.92. The molecule has 0 atom stereocenters. The Hall–Kier alpha value is -1.52. The summed E-state index contributed by atoms with van der Waals surface area (Å²) in [6.45, 7) is 5.72. The summed E-state index contributed by atoms with van der Waals surface area (Å²) < 4.78 is 27.7. The van der Waals surface area contributed by atoms with E-state index in [-0.39, 0.29) is 4.90 Å². The maximum atomic E-state index is 12.5. The molecule has 0 aliphatic rings. The summed E-state index contributed by atoms with van der Waals surface area (Å²) in [7, 11) is -3.64. The van der Waals surface area contributed by atoms with Crippen LogP contribution in [0.2, 0.25) is 5.02 Å². The van der Waals surface area contributed by atoms with Gasteiger partial charge in [0.15, 0.2) is 0 Å². The molecule has 3 nitrogen and oxygen atoms in total. The molecule has 0 aliphatic carbocycles. The van der Waals surface area contributed by atoms with E-state index >= 15 is 0 Å². The number of rotatable bonds is 4. The molecule has 0 heterocycles. The number of aryl methyl sites for hydroxylation is 3. The van der Waals surface area contributed by atoms with E-state index in [1.54, 1.807) is 12.1 Å². The zero-order valence-corrected chi connectivity index (χ0v) is 13.8. The predicted octanol–water partition coefficient (Wildman–Crippen LogP) is 4.32. The molecule has 5 heteroatoms. The SMILES string of the molecule is CCc1cccc(C)c1NS(=O)(=O)c1ccc(C)c(Cl)c1. The Labute approximate surface area is 131 Å². The lowest BCUT2D eigenvalue weighted by Crippen LogP contribution is -2.15. The molecule has 2 rings (SSSR count). The van der Waals surface area contributed by atoms with Crippen LogP contribution in [0.15, 0.2) is 41.3 Å². The van der Waals surface area contributed by atoms with Gasteiger partial charge in [-0.15, -0.1) is 0 Å². The summed E-state index contributed by atoms with van der Waals surface area (Å²) in [5.41, 5.74) is 3.37. The van der Waals surface area contributed by atoms with E-state index in [0.717, 1.165) is 23.1 Å². The van der Waals surface area contributed by atoms with Gasteiger partial charge in [-0.1, -0.05) is 42.8 Å². The summed E-state index contributed by atoms with van der Waals surface area (Å²) >= 11 is 6.02. The van der Waals surface area contributed by atoms with Crippen LogP contribution in [-0.2, 0) is 16.4 Å². The highest BCUT2D eigenvalue weighted by Gasteiger charge is 2.17. The van der Waals surface area contributed by atoms with Gasteiger partial charge in [0.05, 0.1) is 10.6 Å². The lowest BCUT2D eigenvalue weighted by atomic mass is 10.1. The van der Waals surface area contributed by atoms with Gasteiger partial charge >= 0.3 is 0 Å². The first-order valence-electron chi connectivity index (χ1n) is 6.72. The first-order valence-corrected chi connectivity index (χ1v) is 8.58. The highest BCUT2D eigenvalue weighted by Crippen LogP contribution is 2.26.